The molecule has 0 saturated carbocycles. The van der Waals surface area contributed by atoms with Crippen molar-refractivity contribution >= 4 is 22.9 Å². The Morgan fingerprint density at radius 2 is 1.63 bits per heavy atom. The summed E-state index contributed by atoms with van der Waals surface area (Å²) >= 11 is 0. The van der Waals surface area contributed by atoms with Crippen LogP contribution in [0.15, 0.2) is 84.0 Å². The van der Waals surface area contributed by atoms with Crippen molar-refractivity contribution in [3.05, 3.63) is 101 Å². The summed E-state index contributed by atoms with van der Waals surface area (Å²) in [6.07, 6.45) is 1.52. The lowest BCUT2D eigenvalue weighted by Crippen LogP contribution is -2.18. The molecule has 0 unspecified atom stereocenters. The summed E-state index contributed by atoms with van der Waals surface area (Å²) in [4.78, 5) is 12.7. The number of fused-ring (bicyclic) bond motifs is 1. The molecule has 0 aliphatic heterocycles. The van der Waals surface area contributed by atoms with Crippen molar-refractivity contribution in [1.29, 1.82) is 5.26 Å². The third-order valence-corrected chi connectivity index (χ3v) is 5.40. The zero-order valence-electron chi connectivity index (χ0n) is 19.3. The zero-order valence-corrected chi connectivity index (χ0v) is 19.3. The minimum Gasteiger partial charge on any atom is -0.496 e. The summed E-state index contributed by atoms with van der Waals surface area (Å²) in [6, 6.07) is 26.1. The Morgan fingerprint density at radius 1 is 0.914 bits per heavy atom. The first kappa shape index (κ1) is 23.3. The molecule has 4 rings (SSSR count). The summed E-state index contributed by atoms with van der Waals surface area (Å²) in [5.41, 5.74) is 4.99. The van der Waals surface area contributed by atoms with E-state index in [0.717, 1.165) is 16.3 Å². The standard InChI is InChI=1S/C28H23N3O4/c1-33-26-15-21-8-4-3-7-20(21)14-24(26)28(32)31-30-17-19-11-12-25(27(13-19)34-2)35-18-23-10-6-5-9-22(23)16-29/h3-15,17H,18H2,1-2H3,(H,31,32). The molecule has 4 aromatic carbocycles. The lowest BCUT2D eigenvalue weighted by Gasteiger charge is -2.12. The van der Waals surface area contributed by atoms with Crippen LogP contribution < -0.4 is 19.6 Å². The number of benzene rings is 4. The van der Waals surface area contributed by atoms with Gasteiger partial charge in [0.1, 0.15) is 12.4 Å². The lowest BCUT2D eigenvalue weighted by atomic mass is 10.1. The molecule has 0 radical (unpaired) electrons. The number of carbonyl (C=O) groups excluding carboxylic acids is 1. The van der Waals surface area contributed by atoms with Crippen LogP contribution in [0.3, 0.4) is 0 Å². The molecule has 0 saturated heterocycles. The van der Waals surface area contributed by atoms with Gasteiger partial charge in [-0.3, -0.25) is 4.79 Å². The highest BCUT2D eigenvalue weighted by molar-refractivity contribution is 6.02. The monoisotopic (exact) mass is 465 g/mol. The van der Waals surface area contributed by atoms with Crippen molar-refractivity contribution in [2.24, 2.45) is 5.10 Å². The first-order valence-corrected chi connectivity index (χ1v) is 10.8. The van der Waals surface area contributed by atoms with E-state index in [9.17, 15) is 10.1 Å². The van der Waals surface area contributed by atoms with Crippen LogP contribution in [0.1, 0.15) is 27.0 Å². The van der Waals surface area contributed by atoms with Crippen molar-refractivity contribution < 1.29 is 19.0 Å². The Balaban J connectivity index is 1.45. The number of carbonyl (C=O) groups is 1. The molecule has 0 atom stereocenters. The van der Waals surface area contributed by atoms with Crippen LogP contribution in [-0.4, -0.2) is 26.3 Å². The quantitative estimate of drug-likeness (QED) is 0.290. The number of hydrogen-bond acceptors (Lipinski definition) is 6. The van der Waals surface area contributed by atoms with Gasteiger partial charge in [-0.2, -0.15) is 10.4 Å². The van der Waals surface area contributed by atoms with Gasteiger partial charge in [0.05, 0.1) is 37.6 Å². The normalized spacial score (nSPS) is 10.7. The average Bonchev–Trinajstić information content (AvgIpc) is 2.91. The Labute approximate surface area is 203 Å². The number of rotatable bonds is 8. The highest BCUT2D eigenvalue weighted by atomic mass is 16.5. The van der Waals surface area contributed by atoms with Gasteiger partial charge < -0.3 is 14.2 Å². The van der Waals surface area contributed by atoms with E-state index in [1.165, 1.54) is 13.3 Å². The van der Waals surface area contributed by atoms with Gasteiger partial charge in [-0.1, -0.05) is 42.5 Å². The lowest BCUT2D eigenvalue weighted by molar-refractivity contribution is 0.0952. The molecular weight excluding hydrogens is 442 g/mol. The topological polar surface area (TPSA) is 92.9 Å². The summed E-state index contributed by atoms with van der Waals surface area (Å²) < 4.78 is 16.7. The fourth-order valence-electron chi connectivity index (χ4n) is 3.59. The van der Waals surface area contributed by atoms with Crippen LogP contribution in [0.2, 0.25) is 0 Å². The molecule has 0 fully saturated rings. The fourth-order valence-corrected chi connectivity index (χ4v) is 3.59. The molecule has 7 heteroatoms. The Bertz CT molecular complexity index is 1440. The second kappa shape index (κ2) is 10.9. The fraction of sp³-hybridized carbons (Fsp3) is 0.107. The maximum atomic E-state index is 12.7. The van der Waals surface area contributed by atoms with E-state index in [4.69, 9.17) is 14.2 Å². The third-order valence-electron chi connectivity index (χ3n) is 5.40. The van der Waals surface area contributed by atoms with Crippen molar-refractivity contribution in [1.82, 2.24) is 5.43 Å². The largest absolute Gasteiger partial charge is 0.496 e. The Kier molecular flexibility index (Phi) is 7.24. The van der Waals surface area contributed by atoms with Gasteiger partial charge in [-0.25, -0.2) is 5.43 Å². The van der Waals surface area contributed by atoms with Crippen molar-refractivity contribution in [3.63, 3.8) is 0 Å². The van der Waals surface area contributed by atoms with Crippen LogP contribution in [0.25, 0.3) is 10.8 Å². The van der Waals surface area contributed by atoms with Gasteiger partial charge in [0.15, 0.2) is 11.5 Å². The molecular formula is C28H23N3O4. The molecule has 0 spiro atoms. The summed E-state index contributed by atoms with van der Waals surface area (Å²) in [7, 11) is 3.07. The molecule has 1 N–H and O–H groups in total. The molecule has 0 aliphatic carbocycles. The van der Waals surface area contributed by atoms with Crippen molar-refractivity contribution in [2.75, 3.05) is 14.2 Å². The molecule has 4 aromatic rings. The van der Waals surface area contributed by atoms with Crippen LogP contribution in [0.4, 0.5) is 0 Å². The first-order chi connectivity index (χ1) is 17.1. The molecule has 7 nitrogen and oxygen atoms in total. The molecule has 0 aliphatic rings. The average molecular weight is 466 g/mol. The maximum absolute atomic E-state index is 12.7. The Morgan fingerprint density at radius 3 is 2.37 bits per heavy atom. The second-order valence-electron chi connectivity index (χ2n) is 7.57. The maximum Gasteiger partial charge on any atom is 0.275 e. The molecule has 0 heterocycles. The van der Waals surface area contributed by atoms with E-state index in [2.05, 4.69) is 16.6 Å². The summed E-state index contributed by atoms with van der Waals surface area (Å²) in [5.74, 6) is 1.12. The predicted molar refractivity (Wildman–Crippen MR) is 134 cm³/mol. The first-order valence-electron chi connectivity index (χ1n) is 10.8. The van der Waals surface area contributed by atoms with E-state index in [1.54, 1.807) is 37.4 Å². The number of ether oxygens (including phenoxy) is 3. The molecule has 174 valence electrons. The smallest absolute Gasteiger partial charge is 0.275 e. The van der Waals surface area contributed by atoms with Crippen molar-refractivity contribution in [2.45, 2.75) is 6.61 Å². The van der Waals surface area contributed by atoms with E-state index in [0.29, 0.717) is 33.9 Å². The van der Waals surface area contributed by atoms with Gasteiger partial charge >= 0.3 is 0 Å². The van der Waals surface area contributed by atoms with E-state index in [-0.39, 0.29) is 12.5 Å². The minimum absolute atomic E-state index is 0.233. The van der Waals surface area contributed by atoms with Gasteiger partial charge in [0.2, 0.25) is 0 Å². The van der Waals surface area contributed by atoms with Crippen LogP contribution in [0, 0.1) is 11.3 Å². The number of nitrogens with one attached hydrogen (secondary N) is 1. The van der Waals surface area contributed by atoms with Gasteiger partial charge in [0.25, 0.3) is 5.91 Å². The van der Waals surface area contributed by atoms with Crippen LogP contribution >= 0.6 is 0 Å². The highest BCUT2D eigenvalue weighted by Gasteiger charge is 2.13. The van der Waals surface area contributed by atoms with Crippen LogP contribution in [-0.2, 0) is 6.61 Å². The summed E-state index contributed by atoms with van der Waals surface area (Å²) in [6.45, 7) is 0.233. The SMILES string of the molecule is COc1cc(C=NNC(=O)c2cc3ccccc3cc2OC)ccc1OCc1ccccc1C#N. The molecule has 1 amide bonds. The minimum atomic E-state index is -0.382. The number of hydrogen-bond donors (Lipinski definition) is 1. The number of hydrazone groups is 1. The van der Waals surface area contributed by atoms with Crippen molar-refractivity contribution in [3.8, 4) is 23.3 Å². The number of nitriles is 1. The van der Waals surface area contributed by atoms with Gasteiger partial charge in [-0.15, -0.1) is 0 Å². The van der Waals surface area contributed by atoms with Crippen LogP contribution in [0.5, 0.6) is 17.2 Å². The second-order valence-corrected chi connectivity index (χ2v) is 7.57. The number of amides is 1. The highest BCUT2D eigenvalue weighted by Crippen LogP contribution is 2.29. The van der Waals surface area contributed by atoms with Gasteiger partial charge in [0, 0.05) is 5.56 Å². The molecule has 0 bridgehead atoms. The van der Waals surface area contributed by atoms with Gasteiger partial charge in [-0.05, 0) is 52.7 Å². The Hall–Kier alpha value is -4.83. The molecule has 35 heavy (non-hydrogen) atoms. The van der Waals surface area contributed by atoms with E-state index < -0.39 is 0 Å². The zero-order chi connectivity index (χ0) is 24.6. The van der Waals surface area contributed by atoms with E-state index >= 15 is 0 Å². The molecule has 0 aromatic heterocycles. The summed E-state index contributed by atoms with van der Waals surface area (Å²) in [5, 5.41) is 15.2. The van der Waals surface area contributed by atoms with E-state index in [1.807, 2.05) is 48.5 Å². The third kappa shape index (κ3) is 5.40. The number of methoxy groups -OCH3 is 2. The number of nitrogens with zero attached hydrogens (tertiary/aromatic N) is 2. The predicted octanol–water partition coefficient (Wildman–Crippen LogP) is 5.07.